The molecule has 0 radical (unpaired) electrons. The highest BCUT2D eigenvalue weighted by Gasteiger charge is 2.12. The molecule has 0 aliphatic rings. The molecular formula is C23H22ClN3O2S. The largest absolute Gasteiger partial charge is 0.494 e. The van der Waals surface area contributed by atoms with Crippen LogP contribution in [0.5, 0.6) is 5.75 Å². The summed E-state index contributed by atoms with van der Waals surface area (Å²) in [5.41, 5.74) is 1.54. The minimum absolute atomic E-state index is 0.180. The summed E-state index contributed by atoms with van der Waals surface area (Å²) in [7, 11) is 0. The molecule has 154 valence electrons. The van der Waals surface area contributed by atoms with Gasteiger partial charge in [0.1, 0.15) is 5.75 Å². The number of benzene rings is 2. The lowest BCUT2D eigenvalue weighted by Gasteiger charge is -2.06. The number of hydrogen-bond acceptors (Lipinski definition) is 5. The second-order valence-corrected chi connectivity index (χ2v) is 8.48. The van der Waals surface area contributed by atoms with Gasteiger partial charge in [0.15, 0.2) is 5.82 Å². The molecule has 2 heterocycles. The van der Waals surface area contributed by atoms with E-state index >= 15 is 0 Å². The van der Waals surface area contributed by atoms with Gasteiger partial charge in [0.25, 0.3) is 5.56 Å². The molecule has 0 aliphatic carbocycles. The molecule has 30 heavy (non-hydrogen) atoms. The Balaban J connectivity index is 1.51. The third-order valence-electron chi connectivity index (χ3n) is 4.71. The Bertz CT molecular complexity index is 1250. The molecule has 0 fully saturated rings. The number of aromatic nitrogens is 3. The van der Waals surface area contributed by atoms with Crippen LogP contribution in [0.25, 0.3) is 22.4 Å². The fraction of sp³-hybridized carbons (Fsp3) is 0.261. The smallest absolute Gasteiger partial charge is 0.291 e. The van der Waals surface area contributed by atoms with E-state index < -0.39 is 0 Å². The van der Waals surface area contributed by atoms with Crippen molar-refractivity contribution >= 4 is 34.0 Å². The van der Waals surface area contributed by atoms with Crippen molar-refractivity contribution in [3.8, 4) is 17.1 Å². The number of hydrogen-bond donors (Lipinski definition) is 0. The van der Waals surface area contributed by atoms with Crippen LogP contribution in [0.3, 0.4) is 0 Å². The van der Waals surface area contributed by atoms with Crippen molar-refractivity contribution in [1.29, 1.82) is 0 Å². The molecule has 0 amide bonds. The topological polar surface area (TPSA) is 56.5 Å². The zero-order valence-electron chi connectivity index (χ0n) is 16.7. The monoisotopic (exact) mass is 439 g/mol. The third-order valence-corrected chi connectivity index (χ3v) is 5.90. The van der Waals surface area contributed by atoms with E-state index in [1.807, 2.05) is 48.5 Å². The molecule has 4 rings (SSSR count). The Morgan fingerprint density at radius 1 is 1.13 bits per heavy atom. The van der Waals surface area contributed by atoms with E-state index in [-0.39, 0.29) is 5.56 Å². The first-order valence-electron chi connectivity index (χ1n) is 10.0. The average molecular weight is 440 g/mol. The fourth-order valence-corrected chi connectivity index (χ4v) is 4.23. The lowest BCUT2D eigenvalue weighted by Crippen LogP contribution is -2.23. The van der Waals surface area contributed by atoms with Crippen LogP contribution in [0.4, 0.5) is 0 Å². The Morgan fingerprint density at radius 2 is 1.97 bits per heavy atom. The van der Waals surface area contributed by atoms with Crippen molar-refractivity contribution in [1.82, 2.24) is 14.6 Å². The Hall–Kier alpha value is -2.70. The molecule has 2 aromatic heterocycles. The Labute approximate surface area is 183 Å². The molecule has 0 aliphatic heterocycles. The number of ether oxygens (including phenoxy) is 1. The van der Waals surface area contributed by atoms with Gasteiger partial charge in [-0.3, -0.25) is 4.79 Å². The van der Waals surface area contributed by atoms with Crippen LogP contribution < -0.4 is 14.8 Å². The lowest BCUT2D eigenvalue weighted by molar-refractivity contribution is 0.305. The molecular weight excluding hydrogens is 418 g/mol. The normalized spacial score (nSPS) is 12.0. The highest BCUT2D eigenvalue weighted by molar-refractivity contribution is 7.15. The van der Waals surface area contributed by atoms with Crippen molar-refractivity contribution in [2.24, 2.45) is 0 Å². The summed E-state index contributed by atoms with van der Waals surface area (Å²) in [6.07, 6.45) is 6.52. The average Bonchev–Trinajstić information content (AvgIpc) is 3.28. The molecule has 5 nitrogen and oxygen atoms in total. The van der Waals surface area contributed by atoms with Gasteiger partial charge in [-0.15, -0.1) is 5.10 Å². The van der Waals surface area contributed by atoms with Gasteiger partial charge in [-0.2, -0.15) is 9.50 Å². The van der Waals surface area contributed by atoms with Crippen LogP contribution in [-0.4, -0.2) is 21.2 Å². The molecule has 0 saturated heterocycles. The molecule has 0 N–H and O–H groups in total. The van der Waals surface area contributed by atoms with Gasteiger partial charge in [-0.25, -0.2) is 0 Å². The van der Waals surface area contributed by atoms with Gasteiger partial charge in [0.05, 0.1) is 11.1 Å². The first-order valence-corrected chi connectivity index (χ1v) is 11.2. The van der Waals surface area contributed by atoms with Gasteiger partial charge in [0, 0.05) is 10.6 Å². The number of unbranched alkanes of at least 4 members (excludes halogenated alkanes) is 3. The van der Waals surface area contributed by atoms with Gasteiger partial charge in [-0.05, 0) is 54.5 Å². The van der Waals surface area contributed by atoms with Crippen LogP contribution in [0.2, 0.25) is 5.02 Å². The number of halogens is 1. The van der Waals surface area contributed by atoms with Crippen molar-refractivity contribution in [3.63, 3.8) is 0 Å². The van der Waals surface area contributed by atoms with Gasteiger partial charge >= 0.3 is 0 Å². The second-order valence-electron chi connectivity index (χ2n) is 7.03. The first kappa shape index (κ1) is 20.6. The van der Waals surface area contributed by atoms with Crippen molar-refractivity contribution in [2.45, 2.75) is 32.6 Å². The number of fused-ring (bicyclic) bond motifs is 1. The van der Waals surface area contributed by atoms with Crippen LogP contribution in [0.1, 0.15) is 38.2 Å². The minimum Gasteiger partial charge on any atom is -0.494 e. The maximum Gasteiger partial charge on any atom is 0.291 e. The van der Waals surface area contributed by atoms with Crippen molar-refractivity contribution in [2.75, 3.05) is 6.61 Å². The number of rotatable bonds is 8. The van der Waals surface area contributed by atoms with Crippen LogP contribution in [0.15, 0.2) is 53.3 Å². The van der Waals surface area contributed by atoms with Crippen molar-refractivity contribution < 1.29 is 4.74 Å². The highest BCUT2D eigenvalue weighted by atomic mass is 35.5. The summed E-state index contributed by atoms with van der Waals surface area (Å²) in [4.78, 5) is 17.8. The SMILES string of the molecule is CCCCCCOc1ccc(-c2nc3s/c(=C\c4cccc(Cl)c4)c(=O)n3n2)cc1. The van der Waals surface area contributed by atoms with E-state index in [1.165, 1.54) is 35.1 Å². The highest BCUT2D eigenvalue weighted by Crippen LogP contribution is 2.21. The van der Waals surface area contributed by atoms with E-state index in [4.69, 9.17) is 16.3 Å². The summed E-state index contributed by atoms with van der Waals surface area (Å²) in [5, 5.41) is 5.04. The standard InChI is InChI=1S/C23H22ClN3O2S/c1-2-3-4-5-13-29-19-11-9-17(10-12-19)21-25-23-27(26-21)22(28)20(30-23)15-16-7-6-8-18(24)14-16/h6-12,14-15H,2-5,13H2,1H3/b20-15-. The molecule has 0 atom stereocenters. The van der Waals surface area contributed by atoms with Gasteiger partial charge in [0.2, 0.25) is 4.96 Å². The maximum absolute atomic E-state index is 12.7. The fourth-order valence-electron chi connectivity index (χ4n) is 3.12. The molecule has 0 saturated carbocycles. The molecule has 4 aromatic rings. The summed E-state index contributed by atoms with van der Waals surface area (Å²) in [6, 6.07) is 15.0. The molecule has 2 aromatic carbocycles. The van der Waals surface area contributed by atoms with E-state index in [0.717, 1.165) is 29.9 Å². The van der Waals surface area contributed by atoms with Crippen LogP contribution >= 0.6 is 22.9 Å². The number of nitrogens with zero attached hydrogens (tertiary/aromatic N) is 3. The van der Waals surface area contributed by atoms with Crippen LogP contribution in [-0.2, 0) is 0 Å². The maximum atomic E-state index is 12.7. The predicted octanol–water partition coefficient (Wildman–Crippen LogP) is 4.98. The molecule has 0 unspecified atom stereocenters. The van der Waals surface area contributed by atoms with Crippen LogP contribution in [0, 0.1) is 0 Å². The quantitative estimate of drug-likeness (QED) is 0.363. The third kappa shape index (κ3) is 4.71. The van der Waals surface area contributed by atoms with E-state index in [9.17, 15) is 4.79 Å². The summed E-state index contributed by atoms with van der Waals surface area (Å²) in [5.74, 6) is 1.36. The van der Waals surface area contributed by atoms with E-state index in [0.29, 0.717) is 20.3 Å². The van der Waals surface area contributed by atoms with Gasteiger partial charge in [-0.1, -0.05) is 61.3 Å². The summed E-state index contributed by atoms with van der Waals surface area (Å²) < 4.78 is 7.71. The number of thiazole rings is 1. The summed E-state index contributed by atoms with van der Waals surface area (Å²) >= 11 is 7.34. The molecule has 7 heteroatoms. The van der Waals surface area contributed by atoms with Gasteiger partial charge < -0.3 is 4.74 Å². The Morgan fingerprint density at radius 3 is 2.70 bits per heavy atom. The molecule has 0 bridgehead atoms. The minimum atomic E-state index is -0.180. The zero-order valence-corrected chi connectivity index (χ0v) is 18.2. The second kappa shape index (κ2) is 9.41. The molecule has 0 spiro atoms. The lowest BCUT2D eigenvalue weighted by atomic mass is 10.2. The predicted molar refractivity (Wildman–Crippen MR) is 122 cm³/mol. The summed E-state index contributed by atoms with van der Waals surface area (Å²) in [6.45, 7) is 2.92. The van der Waals surface area contributed by atoms with E-state index in [2.05, 4.69) is 17.0 Å². The first-order chi connectivity index (χ1) is 14.6. The van der Waals surface area contributed by atoms with Crippen molar-refractivity contribution in [3.05, 3.63) is 74.0 Å². The zero-order chi connectivity index (χ0) is 20.9. The van der Waals surface area contributed by atoms with E-state index in [1.54, 1.807) is 6.07 Å². The Kier molecular flexibility index (Phi) is 6.45.